The summed E-state index contributed by atoms with van der Waals surface area (Å²) in [4.78, 5) is 9.14. The van der Waals surface area contributed by atoms with E-state index in [1.165, 1.54) is 12.2 Å². The number of morpholine rings is 1. The predicted molar refractivity (Wildman–Crippen MR) is 132 cm³/mol. The van der Waals surface area contributed by atoms with Gasteiger partial charge in [-0.1, -0.05) is 27.7 Å². The average Bonchev–Trinajstić information content (AvgIpc) is 3.32. The molecule has 176 valence electrons. The Morgan fingerprint density at radius 1 is 1.25 bits per heavy atom. The molecule has 32 heavy (non-hydrogen) atoms. The van der Waals surface area contributed by atoms with Crippen LogP contribution in [0.15, 0.2) is 24.5 Å². The minimum absolute atomic E-state index is 0.125. The Morgan fingerprint density at radius 3 is 2.69 bits per heavy atom. The van der Waals surface area contributed by atoms with E-state index in [0.29, 0.717) is 5.92 Å². The van der Waals surface area contributed by atoms with Crippen molar-refractivity contribution in [1.82, 2.24) is 24.6 Å². The monoisotopic (exact) mass is 458 g/mol. The molecule has 2 saturated heterocycles. The van der Waals surface area contributed by atoms with Crippen molar-refractivity contribution in [2.45, 2.75) is 45.4 Å². The SMILES string of the molecule is CN(CC(C)(C)CN1CCOCC1)c1nnc(-c2cccnc2)n1CC1CCSC1(C)C. The van der Waals surface area contributed by atoms with Gasteiger partial charge in [0.05, 0.1) is 13.2 Å². The van der Waals surface area contributed by atoms with E-state index in [1.54, 1.807) is 0 Å². The second kappa shape index (κ2) is 9.69. The van der Waals surface area contributed by atoms with Crippen molar-refractivity contribution in [2.24, 2.45) is 11.3 Å². The fourth-order valence-corrected chi connectivity index (χ4v) is 6.40. The predicted octanol–water partition coefficient (Wildman–Crippen LogP) is 3.67. The maximum absolute atomic E-state index is 5.52. The lowest BCUT2D eigenvalue weighted by atomic mass is 9.91. The number of rotatable bonds is 8. The lowest BCUT2D eigenvalue weighted by molar-refractivity contribution is 0.0222. The maximum atomic E-state index is 5.52. The molecule has 0 N–H and O–H groups in total. The summed E-state index contributed by atoms with van der Waals surface area (Å²) in [5.74, 6) is 3.68. The molecule has 4 heterocycles. The molecule has 1 unspecified atom stereocenters. The Bertz CT molecular complexity index is 878. The first-order valence-corrected chi connectivity index (χ1v) is 12.7. The van der Waals surface area contributed by atoms with Crippen LogP contribution < -0.4 is 4.90 Å². The molecular weight excluding hydrogens is 420 g/mol. The lowest BCUT2D eigenvalue weighted by Crippen LogP contribution is -2.46. The van der Waals surface area contributed by atoms with Crippen LogP contribution in [0.5, 0.6) is 0 Å². The summed E-state index contributed by atoms with van der Waals surface area (Å²) in [6.07, 6.45) is 4.93. The first-order valence-electron chi connectivity index (χ1n) is 11.7. The van der Waals surface area contributed by atoms with E-state index < -0.39 is 0 Å². The van der Waals surface area contributed by atoms with E-state index >= 15 is 0 Å². The highest BCUT2D eigenvalue weighted by Crippen LogP contribution is 2.44. The zero-order chi connectivity index (χ0) is 22.8. The summed E-state index contributed by atoms with van der Waals surface area (Å²) in [7, 11) is 2.16. The van der Waals surface area contributed by atoms with E-state index in [2.05, 4.69) is 82.1 Å². The molecule has 0 aromatic carbocycles. The number of thioether (sulfide) groups is 1. The first kappa shape index (κ1) is 23.5. The van der Waals surface area contributed by atoms with Gasteiger partial charge in [0.25, 0.3) is 0 Å². The van der Waals surface area contributed by atoms with E-state index in [0.717, 1.165) is 63.3 Å². The zero-order valence-corrected chi connectivity index (χ0v) is 21.1. The molecular formula is C24H38N6OS. The molecule has 2 fully saturated rings. The highest BCUT2D eigenvalue weighted by molar-refractivity contribution is 8.00. The second-order valence-electron chi connectivity index (χ2n) is 10.5. The topological polar surface area (TPSA) is 59.3 Å². The molecule has 0 radical (unpaired) electrons. The minimum atomic E-state index is 0.125. The number of nitrogens with zero attached hydrogens (tertiary/aromatic N) is 6. The Balaban J connectivity index is 1.57. The zero-order valence-electron chi connectivity index (χ0n) is 20.3. The molecule has 7 nitrogen and oxygen atoms in total. The number of hydrogen-bond donors (Lipinski definition) is 0. The molecule has 0 saturated carbocycles. The van der Waals surface area contributed by atoms with Crippen molar-refractivity contribution in [3.05, 3.63) is 24.5 Å². The van der Waals surface area contributed by atoms with Gasteiger partial charge < -0.3 is 9.64 Å². The first-order chi connectivity index (χ1) is 15.3. The van der Waals surface area contributed by atoms with Gasteiger partial charge >= 0.3 is 0 Å². The number of anilines is 1. The van der Waals surface area contributed by atoms with Crippen molar-refractivity contribution >= 4 is 17.7 Å². The van der Waals surface area contributed by atoms with Crippen molar-refractivity contribution in [3.8, 4) is 11.4 Å². The van der Waals surface area contributed by atoms with Gasteiger partial charge in [-0.3, -0.25) is 14.5 Å². The summed E-state index contributed by atoms with van der Waals surface area (Å²) in [5.41, 5.74) is 1.15. The van der Waals surface area contributed by atoms with E-state index in [-0.39, 0.29) is 10.2 Å². The van der Waals surface area contributed by atoms with Crippen LogP contribution in [0.2, 0.25) is 0 Å². The van der Waals surface area contributed by atoms with E-state index in [9.17, 15) is 0 Å². The molecule has 8 heteroatoms. The van der Waals surface area contributed by atoms with Crippen LogP contribution in [0.4, 0.5) is 5.95 Å². The van der Waals surface area contributed by atoms with Gasteiger partial charge in [0, 0.05) is 62.5 Å². The molecule has 2 aromatic rings. The van der Waals surface area contributed by atoms with Gasteiger partial charge in [-0.05, 0) is 35.6 Å². The average molecular weight is 459 g/mol. The largest absolute Gasteiger partial charge is 0.379 e. The maximum Gasteiger partial charge on any atom is 0.227 e. The van der Waals surface area contributed by atoms with Gasteiger partial charge in [-0.25, -0.2) is 0 Å². The molecule has 1 atom stereocenters. The molecule has 0 amide bonds. The van der Waals surface area contributed by atoms with Gasteiger partial charge in [-0.2, -0.15) is 11.8 Å². The van der Waals surface area contributed by atoms with Gasteiger partial charge in [0.1, 0.15) is 0 Å². The molecule has 2 aromatic heterocycles. The highest BCUT2D eigenvalue weighted by Gasteiger charge is 2.37. The number of aromatic nitrogens is 4. The van der Waals surface area contributed by atoms with E-state index in [4.69, 9.17) is 4.74 Å². The summed E-state index contributed by atoms with van der Waals surface area (Å²) in [6, 6.07) is 4.05. The lowest BCUT2D eigenvalue weighted by Gasteiger charge is -2.37. The fourth-order valence-electron chi connectivity index (χ4n) is 5.04. The van der Waals surface area contributed by atoms with Crippen molar-refractivity contribution in [1.29, 1.82) is 0 Å². The number of ether oxygens (including phenoxy) is 1. The summed E-state index contributed by atoms with van der Waals surface area (Å²) in [6.45, 7) is 16.0. The Morgan fingerprint density at radius 2 is 2.03 bits per heavy atom. The van der Waals surface area contributed by atoms with Crippen LogP contribution in [0.25, 0.3) is 11.4 Å². The second-order valence-corrected chi connectivity index (χ2v) is 12.3. The Labute approximate surface area is 196 Å². The molecule has 0 bridgehead atoms. The third-order valence-electron chi connectivity index (χ3n) is 6.74. The van der Waals surface area contributed by atoms with Crippen LogP contribution in [0.3, 0.4) is 0 Å². The normalized spacial score (nSPS) is 21.7. The molecule has 2 aliphatic rings. The highest BCUT2D eigenvalue weighted by atomic mass is 32.2. The number of pyridine rings is 1. The minimum Gasteiger partial charge on any atom is -0.379 e. The number of hydrogen-bond acceptors (Lipinski definition) is 7. The Kier molecular flexibility index (Phi) is 7.12. The van der Waals surface area contributed by atoms with Crippen LogP contribution in [-0.4, -0.2) is 81.6 Å². The van der Waals surface area contributed by atoms with Crippen molar-refractivity contribution in [2.75, 3.05) is 57.1 Å². The van der Waals surface area contributed by atoms with E-state index in [1.807, 2.05) is 18.5 Å². The molecule has 2 aliphatic heterocycles. The summed E-state index contributed by atoms with van der Waals surface area (Å²) in [5, 5.41) is 9.32. The molecule has 4 rings (SSSR count). The quantitative estimate of drug-likeness (QED) is 0.598. The van der Waals surface area contributed by atoms with Crippen LogP contribution in [0, 0.1) is 11.3 Å². The molecule has 0 spiro atoms. The van der Waals surface area contributed by atoms with Crippen LogP contribution >= 0.6 is 11.8 Å². The smallest absolute Gasteiger partial charge is 0.227 e. The van der Waals surface area contributed by atoms with Gasteiger partial charge in [0.2, 0.25) is 5.95 Å². The van der Waals surface area contributed by atoms with Gasteiger partial charge in [0.15, 0.2) is 5.82 Å². The van der Waals surface area contributed by atoms with Crippen molar-refractivity contribution in [3.63, 3.8) is 0 Å². The molecule has 0 aliphatic carbocycles. The Hall–Kier alpha value is -1.64. The third kappa shape index (κ3) is 5.46. The van der Waals surface area contributed by atoms with Crippen molar-refractivity contribution < 1.29 is 4.74 Å². The third-order valence-corrected chi connectivity index (χ3v) is 8.26. The standard InChI is InChI=1S/C24H38N6OS/c1-23(2,18-29-10-12-31-13-11-29)17-28(5)22-27-26-21(19-7-6-9-25-15-19)30(22)16-20-8-14-32-24(20,3)4/h6-7,9,15,20H,8,10-14,16-18H2,1-5H3. The summed E-state index contributed by atoms with van der Waals surface area (Å²) < 4.78 is 8.12. The van der Waals surface area contributed by atoms with Crippen LogP contribution in [0.1, 0.15) is 34.1 Å². The summed E-state index contributed by atoms with van der Waals surface area (Å²) >= 11 is 2.08. The van der Waals surface area contributed by atoms with Gasteiger partial charge in [-0.15, -0.1) is 10.2 Å². The fraction of sp³-hybridized carbons (Fsp3) is 0.708. The van der Waals surface area contributed by atoms with Crippen LogP contribution in [-0.2, 0) is 11.3 Å².